The van der Waals surface area contributed by atoms with E-state index in [9.17, 15) is 4.39 Å². The van der Waals surface area contributed by atoms with Gasteiger partial charge >= 0.3 is 0 Å². The first-order valence-corrected chi connectivity index (χ1v) is 7.46. The number of ether oxygens (including phenoxy) is 1. The van der Waals surface area contributed by atoms with E-state index in [1.807, 2.05) is 43.3 Å². The molecule has 0 saturated heterocycles. The molecular formula is C18H22FNO. The van der Waals surface area contributed by atoms with Crippen LogP contribution in [0.3, 0.4) is 0 Å². The summed E-state index contributed by atoms with van der Waals surface area (Å²) in [5.41, 5.74) is 1.71. The highest BCUT2D eigenvalue weighted by Crippen LogP contribution is 2.26. The van der Waals surface area contributed by atoms with Crippen molar-refractivity contribution >= 4 is 0 Å². The Labute approximate surface area is 126 Å². The molecule has 2 rings (SSSR count). The summed E-state index contributed by atoms with van der Waals surface area (Å²) < 4.78 is 19.5. The maximum atomic E-state index is 14.1. The van der Waals surface area contributed by atoms with Crippen molar-refractivity contribution in [2.24, 2.45) is 0 Å². The molecule has 0 aliphatic carbocycles. The Morgan fingerprint density at radius 3 is 2.38 bits per heavy atom. The van der Waals surface area contributed by atoms with Gasteiger partial charge in [0.05, 0.1) is 12.6 Å². The predicted octanol–water partition coefficient (Wildman–Crippen LogP) is 4.31. The van der Waals surface area contributed by atoms with Crippen molar-refractivity contribution in [3.05, 3.63) is 65.5 Å². The third kappa shape index (κ3) is 4.05. The van der Waals surface area contributed by atoms with Gasteiger partial charge in [-0.05, 0) is 43.7 Å². The molecule has 2 aromatic rings. The molecule has 0 saturated carbocycles. The molecule has 1 unspecified atom stereocenters. The third-order valence-corrected chi connectivity index (χ3v) is 3.34. The summed E-state index contributed by atoms with van der Waals surface area (Å²) >= 11 is 0. The summed E-state index contributed by atoms with van der Waals surface area (Å²) in [7, 11) is 0. The first-order chi connectivity index (χ1) is 10.3. The second kappa shape index (κ2) is 7.79. The van der Waals surface area contributed by atoms with Gasteiger partial charge in [-0.25, -0.2) is 4.39 Å². The van der Waals surface area contributed by atoms with E-state index in [0.717, 1.165) is 24.3 Å². The number of hydrogen-bond donors (Lipinski definition) is 1. The molecule has 21 heavy (non-hydrogen) atoms. The largest absolute Gasteiger partial charge is 0.494 e. The van der Waals surface area contributed by atoms with E-state index in [2.05, 4.69) is 12.2 Å². The van der Waals surface area contributed by atoms with Crippen LogP contribution in [-0.2, 0) is 0 Å². The van der Waals surface area contributed by atoms with E-state index in [1.165, 1.54) is 6.07 Å². The lowest BCUT2D eigenvalue weighted by Gasteiger charge is -2.20. The van der Waals surface area contributed by atoms with Crippen molar-refractivity contribution in [1.82, 2.24) is 5.32 Å². The Bertz CT molecular complexity index is 553. The molecule has 0 aromatic heterocycles. The van der Waals surface area contributed by atoms with E-state index in [0.29, 0.717) is 12.2 Å². The van der Waals surface area contributed by atoms with Gasteiger partial charge in [0.25, 0.3) is 0 Å². The highest BCUT2D eigenvalue weighted by molar-refractivity contribution is 5.36. The van der Waals surface area contributed by atoms with Crippen LogP contribution in [0.2, 0.25) is 0 Å². The fourth-order valence-corrected chi connectivity index (χ4v) is 2.33. The Morgan fingerprint density at radius 2 is 1.76 bits per heavy atom. The molecule has 3 heteroatoms. The summed E-state index contributed by atoms with van der Waals surface area (Å²) in [6, 6.07) is 14.6. The first-order valence-electron chi connectivity index (χ1n) is 7.46. The maximum Gasteiger partial charge on any atom is 0.128 e. The van der Waals surface area contributed by atoms with Crippen LogP contribution >= 0.6 is 0 Å². The van der Waals surface area contributed by atoms with Gasteiger partial charge in [0.1, 0.15) is 11.6 Å². The Hall–Kier alpha value is -1.87. The van der Waals surface area contributed by atoms with Crippen LogP contribution in [0.1, 0.15) is 37.4 Å². The first kappa shape index (κ1) is 15.5. The molecule has 0 amide bonds. The molecule has 0 fully saturated rings. The molecule has 2 aromatic carbocycles. The lowest BCUT2D eigenvalue weighted by molar-refractivity contribution is 0.340. The zero-order chi connectivity index (χ0) is 15.1. The summed E-state index contributed by atoms with van der Waals surface area (Å²) in [5, 5.41) is 3.41. The smallest absolute Gasteiger partial charge is 0.128 e. The van der Waals surface area contributed by atoms with E-state index in [1.54, 1.807) is 6.07 Å². The molecule has 0 heterocycles. The zero-order valence-corrected chi connectivity index (χ0v) is 12.6. The van der Waals surface area contributed by atoms with Gasteiger partial charge in [0.15, 0.2) is 0 Å². The fraction of sp³-hybridized carbons (Fsp3) is 0.333. The van der Waals surface area contributed by atoms with E-state index < -0.39 is 0 Å². The Balaban J connectivity index is 2.29. The number of rotatable bonds is 7. The molecule has 112 valence electrons. The van der Waals surface area contributed by atoms with Gasteiger partial charge in [-0.1, -0.05) is 37.3 Å². The fourth-order valence-electron chi connectivity index (χ4n) is 2.33. The molecule has 1 atom stereocenters. The van der Waals surface area contributed by atoms with Crippen LogP contribution in [-0.4, -0.2) is 13.2 Å². The molecule has 0 spiro atoms. The van der Waals surface area contributed by atoms with Crippen molar-refractivity contribution in [3.63, 3.8) is 0 Å². The van der Waals surface area contributed by atoms with Gasteiger partial charge < -0.3 is 10.1 Å². The summed E-state index contributed by atoms with van der Waals surface area (Å²) in [5.74, 6) is 0.656. The van der Waals surface area contributed by atoms with Crippen molar-refractivity contribution in [2.45, 2.75) is 26.3 Å². The van der Waals surface area contributed by atoms with E-state index >= 15 is 0 Å². The lowest BCUT2D eigenvalue weighted by atomic mass is 9.98. The topological polar surface area (TPSA) is 21.3 Å². The number of benzene rings is 2. The van der Waals surface area contributed by atoms with Crippen molar-refractivity contribution in [3.8, 4) is 5.75 Å². The quantitative estimate of drug-likeness (QED) is 0.819. The minimum atomic E-state index is -0.181. The molecule has 1 N–H and O–H groups in total. The van der Waals surface area contributed by atoms with Gasteiger partial charge in [0, 0.05) is 5.56 Å². The molecule has 0 aliphatic rings. The average molecular weight is 287 g/mol. The minimum absolute atomic E-state index is 0.137. The van der Waals surface area contributed by atoms with Gasteiger partial charge in [-0.15, -0.1) is 0 Å². The second-order valence-corrected chi connectivity index (χ2v) is 4.91. The lowest BCUT2D eigenvalue weighted by Crippen LogP contribution is -2.24. The monoisotopic (exact) mass is 287 g/mol. The number of hydrogen-bond acceptors (Lipinski definition) is 2. The third-order valence-electron chi connectivity index (χ3n) is 3.34. The Morgan fingerprint density at radius 1 is 1.05 bits per heavy atom. The Kier molecular flexibility index (Phi) is 5.76. The van der Waals surface area contributed by atoms with Gasteiger partial charge in [-0.3, -0.25) is 0 Å². The maximum absolute atomic E-state index is 14.1. The molecule has 2 nitrogen and oxygen atoms in total. The zero-order valence-electron chi connectivity index (χ0n) is 12.6. The van der Waals surface area contributed by atoms with Crippen LogP contribution in [0.25, 0.3) is 0 Å². The predicted molar refractivity (Wildman–Crippen MR) is 84.1 cm³/mol. The van der Waals surface area contributed by atoms with Crippen LogP contribution in [0, 0.1) is 5.82 Å². The van der Waals surface area contributed by atoms with E-state index in [4.69, 9.17) is 4.74 Å². The standard InChI is InChI=1S/C18H22FNO/c1-3-13-20-18(16-7-5-6-8-17(16)19)14-9-11-15(12-10-14)21-4-2/h5-12,18,20H,3-4,13H2,1-2H3. The molecule has 0 aliphatic heterocycles. The van der Waals surface area contributed by atoms with Crippen LogP contribution in [0.15, 0.2) is 48.5 Å². The summed E-state index contributed by atoms with van der Waals surface area (Å²) in [6.45, 7) is 5.54. The van der Waals surface area contributed by atoms with Crippen LogP contribution in [0.4, 0.5) is 4.39 Å². The second-order valence-electron chi connectivity index (χ2n) is 4.91. The van der Waals surface area contributed by atoms with Gasteiger partial charge in [0.2, 0.25) is 0 Å². The van der Waals surface area contributed by atoms with Crippen molar-refractivity contribution in [1.29, 1.82) is 0 Å². The minimum Gasteiger partial charge on any atom is -0.494 e. The van der Waals surface area contributed by atoms with Crippen LogP contribution in [0.5, 0.6) is 5.75 Å². The normalized spacial score (nSPS) is 12.1. The molecular weight excluding hydrogens is 265 g/mol. The highest BCUT2D eigenvalue weighted by Gasteiger charge is 2.16. The van der Waals surface area contributed by atoms with Crippen LogP contribution < -0.4 is 10.1 Å². The molecule has 0 radical (unpaired) electrons. The van der Waals surface area contributed by atoms with Gasteiger partial charge in [-0.2, -0.15) is 0 Å². The van der Waals surface area contributed by atoms with Crippen molar-refractivity contribution < 1.29 is 9.13 Å². The van der Waals surface area contributed by atoms with E-state index in [-0.39, 0.29) is 11.9 Å². The summed E-state index contributed by atoms with van der Waals surface area (Å²) in [4.78, 5) is 0. The van der Waals surface area contributed by atoms with Crippen molar-refractivity contribution in [2.75, 3.05) is 13.2 Å². The molecule has 0 bridgehead atoms. The highest BCUT2D eigenvalue weighted by atomic mass is 19.1. The number of halogens is 1. The number of nitrogens with one attached hydrogen (secondary N) is 1. The summed E-state index contributed by atoms with van der Waals surface area (Å²) in [6.07, 6.45) is 1.00. The average Bonchev–Trinajstić information content (AvgIpc) is 2.51. The SMILES string of the molecule is CCCNC(c1ccc(OCC)cc1)c1ccccc1F.